The zero-order valence-electron chi connectivity index (χ0n) is 22.5. The summed E-state index contributed by atoms with van der Waals surface area (Å²) in [4.78, 5) is 17.3. The van der Waals surface area contributed by atoms with Crippen molar-refractivity contribution in [3.05, 3.63) is 118 Å². The van der Waals surface area contributed by atoms with E-state index in [1.807, 2.05) is 36.4 Å². The highest BCUT2D eigenvalue weighted by atomic mass is 16.3. The zero-order valence-corrected chi connectivity index (χ0v) is 22.5. The van der Waals surface area contributed by atoms with Gasteiger partial charge in [0.15, 0.2) is 0 Å². The van der Waals surface area contributed by atoms with E-state index in [1.165, 1.54) is 0 Å². The fourth-order valence-corrected chi connectivity index (χ4v) is 3.95. The van der Waals surface area contributed by atoms with Gasteiger partial charge in [-0.2, -0.15) is 0 Å². The van der Waals surface area contributed by atoms with Gasteiger partial charge in [0.1, 0.15) is 23.0 Å². The van der Waals surface area contributed by atoms with Crippen molar-refractivity contribution in [2.24, 2.45) is 20.0 Å². The van der Waals surface area contributed by atoms with Crippen molar-refractivity contribution in [2.45, 2.75) is 6.42 Å². The minimum absolute atomic E-state index is 0.138. The average Bonchev–Trinajstić information content (AvgIpc) is 2.97. The summed E-state index contributed by atoms with van der Waals surface area (Å²) in [5.74, 6) is 0.639. The number of rotatable bonds is 12. The number of phenols is 4. The maximum Gasteiger partial charge on any atom is 0.124 e. The number of benzene rings is 4. The lowest BCUT2D eigenvalue weighted by molar-refractivity contribution is 0.473. The second kappa shape index (κ2) is 14.8. The highest BCUT2D eigenvalue weighted by Crippen LogP contribution is 2.22. The smallest absolute Gasteiger partial charge is 0.124 e. The molecular formula is C33H32N4O4. The molecule has 0 unspecified atom stereocenters. The summed E-state index contributed by atoms with van der Waals surface area (Å²) >= 11 is 0. The first kappa shape index (κ1) is 28.8. The van der Waals surface area contributed by atoms with E-state index >= 15 is 0 Å². The Labute approximate surface area is 239 Å². The predicted molar refractivity (Wildman–Crippen MR) is 165 cm³/mol. The number of hydrogen-bond acceptors (Lipinski definition) is 8. The van der Waals surface area contributed by atoms with Crippen molar-refractivity contribution < 1.29 is 20.4 Å². The molecule has 0 atom stereocenters. The molecule has 4 N–H and O–H groups in total. The Bertz CT molecular complexity index is 1460. The Balaban J connectivity index is 1.31. The van der Waals surface area contributed by atoms with Gasteiger partial charge >= 0.3 is 0 Å². The first-order valence-electron chi connectivity index (χ1n) is 13.2. The molecule has 4 aromatic rings. The molecule has 0 fully saturated rings. The Hall–Kier alpha value is -5.24. The molecule has 8 nitrogen and oxygen atoms in total. The van der Waals surface area contributed by atoms with Crippen molar-refractivity contribution in [1.29, 1.82) is 0 Å². The van der Waals surface area contributed by atoms with Crippen LogP contribution >= 0.6 is 0 Å². The van der Waals surface area contributed by atoms with E-state index in [4.69, 9.17) is 0 Å². The fraction of sp³-hybridized carbons (Fsp3) is 0.152. The van der Waals surface area contributed by atoms with Gasteiger partial charge in [0, 0.05) is 47.1 Å². The Morgan fingerprint density at radius 1 is 0.415 bits per heavy atom. The van der Waals surface area contributed by atoms with Crippen LogP contribution in [0.5, 0.6) is 23.0 Å². The number of nitrogens with zero attached hydrogens (tertiary/aromatic N) is 4. The number of aliphatic imine (C=N–C) groups is 4. The fourth-order valence-electron chi connectivity index (χ4n) is 3.95. The molecule has 0 radical (unpaired) electrons. The molecule has 4 aromatic carbocycles. The molecule has 8 heteroatoms. The van der Waals surface area contributed by atoms with Gasteiger partial charge in [0.25, 0.3) is 0 Å². The summed E-state index contributed by atoms with van der Waals surface area (Å²) in [6.07, 6.45) is 7.09. The van der Waals surface area contributed by atoms with Gasteiger partial charge in [0.2, 0.25) is 0 Å². The van der Waals surface area contributed by atoms with Gasteiger partial charge in [0.05, 0.1) is 26.2 Å². The third-order valence-corrected chi connectivity index (χ3v) is 6.10. The van der Waals surface area contributed by atoms with Crippen molar-refractivity contribution in [1.82, 2.24) is 0 Å². The van der Waals surface area contributed by atoms with Crippen LogP contribution in [0.1, 0.15) is 33.4 Å². The molecule has 0 bridgehead atoms. The summed E-state index contributed by atoms with van der Waals surface area (Å²) in [7, 11) is 0. The van der Waals surface area contributed by atoms with Crippen molar-refractivity contribution in [2.75, 3.05) is 26.2 Å². The van der Waals surface area contributed by atoms with E-state index in [-0.39, 0.29) is 23.0 Å². The largest absolute Gasteiger partial charge is 0.507 e. The summed E-state index contributed by atoms with van der Waals surface area (Å²) in [6, 6.07) is 24.7. The van der Waals surface area contributed by atoms with E-state index in [0.717, 1.165) is 11.1 Å². The van der Waals surface area contributed by atoms with Gasteiger partial charge in [-0.05, 0) is 66.1 Å². The van der Waals surface area contributed by atoms with Crippen molar-refractivity contribution in [3.63, 3.8) is 0 Å². The molecule has 0 aliphatic carbocycles. The standard InChI is InChI=1S/C33H32N4O4/c38-30-7-3-1-5-26(30)20-34-13-15-36-22-28-18-24(9-11-32(28)40)17-25-10-12-33(41)29(19-25)23-37-16-14-35-21-27-6-2-4-8-31(27)39/h1-12,18-23,38-41H,13-17H2. The number of para-hydroxylation sites is 2. The summed E-state index contributed by atoms with van der Waals surface area (Å²) < 4.78 is 0. The van der Waals surface area contributed by atoms with Gasteiger partial charge in [-0.15, -0.1) is 0 Å². The molecule has 0 saturated heterocycles. The van der Waals surface area contributed by atoms with Crippen LogP contribution in [0.15, 0.2) is 105 Å². The quantitative estimate of drug-likeness (QED) is 0.144. The van der Waals surface area contributed by atoms with E-state index in [0.29, 0.717) is 54.9 Å². The van der Waals surface area contributed by atoms with Gasteiger partial charge in [-0.25, -0.2) is 0 Å². The molecule has 41 heavy (non-hydrogen) atoms. The maximum atomic E-state index is 10.3. The first-order chi connectivity index (χ1) is 20.0. The molecule has 0 aliphatic heterocycles. The SMILES string of the molecule is Oc1ccccc1C=NCCN=Cc1cc(Cc2ccc(O)c(C=NCCN=Cc3ccccc3O)c2)ccc1O. The molecule has 0 saturated carbocycles. The van der Waals surface area contributed by atoms with Crippen LogP contribution in [0.2, 0.25) is 0 Å². The summed E-state index contributed by atoms with van der Waals surface area (Å²) in [5, 5.41) is 40.1. The topological polar surface area (TPSA) is 130 Å². The molecule has 0 spiro atoms. The number of hydrogen-bond donors (Lipinski definition) is 4. The molecule has 4 rings (SSSR count). The van der Waals surface area contributed by atoms with Gasteiger partial charge in [-0.3, -0.25) is 20.0 Å². The molecular weight excluding hydrogens is 516 g/mol. The number of aromatic hydroxyl groups is 4. The Morgan fingerprint density at radius 3 is 1.15 bits per heavy atom. The minimum Gasteiger partial charge on any atom is -0.507 e. The zero-order chi connectivity index (χ0) is 28.9. The van der Waals surface area contributed by atoms with Gasteiger partial charge in [-0.1, -0.05) is 36.4 Å². The maximum absolute atomic E-state index is 10.3. The third-order valence-electron chi connectivity index (χ3n) is 6.10. The predicted octanol–water partition coefficient (Wildman–Crippen LogP) is 5.18. The van der Waals surface area contributed by atoms with E-state index < -0.39 is 0 Å². The van der Waals surface area contributed by atoms with Crippen molar-refractivity contribution >= 4 is 24.9 Å². The van der Waals surface area contributed by atoms with Crippen molar-refractivity contribution in [3.8, 4) is 23.0 Å². The van der Waals surface area contributed by atoms with E-state index in [2.05, 4.69) is 20.0 Å². The second-order valence-corrected chi connectivity index (χ2v) is 9.22. The first-order valence-corrected chi connectivity index (χ1v) is 13.2. The highest BCUT2D eigenvalue weighted by Gasteiger charge is 2.05. The van der Waals surface area contributed by atoms with Crippen LogP contribution in [0.25, 0.3) is 0 Å². The summed E-state index contributed by atoms with van der Waals surface area (Å²) in [6.45, 7) is 1.78. The monoisotopic (exact) mass is 548 g/mol. The Morgan fingerprint density at radius 2 is 0.756 bits per heavy atom. The van der Waals surface area contributed by atoms with Crippen LogP contribution < -0.4 is 0 Å². The number of phenolic OH excluding ortho intramolecular Hbond substituents is 4. The molecule has 208 valence electrons. The lowest BCUT2D eigenvalue weighted by Crippen LogP contribution is -1.95. The van der Waals surface area contributed by atoms with E-state index in [9.17, 15) is 20.4 Å². The van der Waals surface area contributed by atoms with Crippen LogP contribution in [0, 0.1) is 0 Å². The van der Waals surface area contributed by atoms with Crippen LogP contribution in [0.4, 0.5) is 0 Å². The lowest BCUT2D eigenvalue weighted by atomic mass is 10.0. The minimum atomic E-state index is 0.138. The molecule has 0 aromatic heterocycles. The average molecular weight is 549 g/mol. The third kappa shape index (κ3) is 8.90. The van der Waals surface area contributed by atoms with Crippen LogP contribution in [0.3, 0.4) is 0 Å². The lowest BCUT2D eigenvalue weighted by Gasteiger charge is -2.07. The molecule has 0 heterocycles. The summed E-state index contributed by atoms with van der Waals surface area (Å²) in [5.41, 5.74) is 4.48. The van der Waals surface area contributed by atoms with Crippen LogP contribution in [-0.4, -0.2) is 71.5 Å². The molecule has 0 amide bonds. The van der Waals surface area contributed by atoms with Crippen LogP contribution in [-0.2, 0) is 6.42 Å². The normalized spacial score (nSPS) is 11.9. The highest BCUT2D eigenvalue weighted by molar-refractivity contribution is 5.85. The Kier molecular flexibility index (Phi) is 10.4. The molecule has 0 aliphatic rings. The van der Waals surface area contributed by atoms with Gasteiger partial charge < -0.3 is 20.4 Å². The van der Waals surface area contributed by atoms with E-state index in [1.54, 1.807) is 73.4 Å². The second-order valence-electron chi connectivity index (χ2n) is 9.22.